The van der Waals surface area contributed by atoms with E-state index in [2.05, 4.69) is 0 Å². The van der Waals surface area contributed by atoms with Gasteiger partial charge in [-0.05, 0) is 44.6 Å². The second kappa shape index (κ2) is 12.8. The summed E-state index contributed by atoms with van der Waals surface area (Å²) in [6.45, 7) is 7.56. The third kappa shape index (κ3) is 10.3. The van der Waals surface area contributed by atoms with Crippen molar-refractivity contribution in [3.8, 4) is 0 Å². The van der Waals surface area contributed by atoms with Crippen molar-refractivity contribution in [1.82, 2.24) is 0 Å². The number of carboxylic acids is 1. The highest BCUT2D eigenvalue weighted by atomic mass is 28.4. The number of hydrogen-bond donors (Lipinski definition) is 1. The first-order valence-corrected chi connectivity index (χ1v) is 8.67. The van der Waals surface area contributed by atoms with Crippen molar-refractivity contribution in [2.45, 2.75) is 52.5 Å². The second-order valence-corrected chi connectivity index (χ2v) is 6.67. The van der Waals surface area contributed by atoms with Gasteiger partial charge in [0.2, 0.25) is 0 Å². The Hall–Kier alpha value is -0.216. The molecular formula is C12H30O5Si2. The molecule has 0 aliphatic carbocycles. The van der Waals surface area contributed by atoms with Gasteiger partial charge >= 0.3 is 14.8 Å². The fraction of sp³-hybridized carbons (Fsp3) is 0.917. The Morgan fingerprint density at radius 1 is 0.947 bits per heavy atom. The van der Waals surface area contributed by atoms with Gasteiger partial charge in [0.1, 0.15) is 0 Å². The summed E-state index contributed by atoms with van der Waals surface area (Å²) in [6.07, 6.45) is 2.68. The van der Waals surface area contributed by atoms with Gasteiger partial charge in [-0.3, -0.25) is 4.79 Å². The molecule has 0 aromatic heterocycles. The average molecular weight is 311 g/mol. The lowest BCUT2D eigenvalue weighted by Gasteiger charge is -2.28. The van der Waals surface area contributed by atoms with Crippen LogP contribution in [0.15, 0.2) is 0 Å². The SMILES string of the molecule is CCO[Si](CCCCCC(=O)O)(OCC)OCC.[SiH4]. The lowest BCUT2D eigenvalue weighted by molar-refractivity contribution is -0.137. The highest BCUT2D eigenvalue weighted by Crippen LogP contribution is 2.20. The van der Waals surface area contributed by atoms with Crippen LogP contribution in [0.4, 0.5) is 0 Å². The molecule has 0 saturated carbocycles. The van der Waals surface area contributed by atoms with E-state index >= 15 is 0 Å². The van der Waals surface area contributed by atoms with Crippen LogP contribution in [-0.4, -0.2) is 50.7 Å². The molecule has 0 heterocycles. The predicted molar refractivity (Wildman–Crippen MR) is 82.9 cm³/mol. The van der Waals surface area contributed by atoms with Crippen molar-refractivity contribution in [1.29, 1.82) is 0 Å². The maximum atomic E-state index is 10.4. The van der Waals surface area contributed by atoms with Gasteiger partial charge in [0, 0.05) is 32.3 Å². The van der Waals surface area contributed by atoms with Crippen molar-refractivity contribution >= 4 is 25.7 Å². The summed E-state index contributed by atoms with van der Waals surface area (Å²) in [4.78, 5) is 10.4. The van der Waals surface area contributed by atoms with Crippen LogP contribution in [0, 0.1) is 0 Å². The minimum absolute atomic E-state index is 0. The van der Waals surface area contributed by atoms with Gasteiger partial charge in [-0.25, -0.2) is 0 Å². The fourth-order valence-electron chi connectivity index (χ4n) is 1.80. The van der Waals surface area contributed by atoms with E-state index in [0.29, 0.717) is 26.2 Å². The first kappa shape index (κ1) is 21.1. The van der Waals surface area contributed by atoms with E-state index in [0.717, 1.165) is 18.9 Å². The lowest BCUT2D eigenvalue weighted by Crippen LogP contribution is -2.45. The van der Waals surface area contributed by atoms with Crippen molar-refractivity contribution in [2.24, 2.45) is 0 Å². The molecule has 0 atom stereocenters. The summed E-state index contributed by atoms with van der Waals surface area (Å²) in [6, 6.07) is 0.766. The lowest BCUT2D eigenvalue weighted by atomic mass is 10.2. The second-order valence-electron chi connectivity index (χ2n) is 3.94. The van der Waals surface area contributed by atoms with Crippen LogP contribution in [0.2, 0.25) is 6.04 Å². The number of hydrogen-bond acceptors (Lipinski definition) is 4. The van der Waals surface area contributed by atoms with Crippen LogP contribution in [-0.2, 0) is 18.1 Å². The van der Waals surface area contributed by atoms with E-state index in [1.54, 1.807) is 0 Å². The Morgan fingerprint density at radius 2 is 1.42 bits per heavy atom. The molecule has 0 aromatic rings. The van der Waals surface area contributed by atoms with Gasteiger partial charge in [0.15, 0.2) is 0 Å². The van der Waals surface area contributed by atoms with E-state index in [1.165, 1.54) is 0 Å². The van der Waals surface area contributed by atoms with Crippen molar-refractivity contribution < 1.29 is 23.2 Å². The molecule has 19 heavy (non-hydrogen) atoms. The van der Waals surface area contributed by atoms with Gasteiger partial charge in [-0.15, -0.1) is 0 Å². The molecule has 0 radical (unpaired) electrons. The average Bonchev–Trinajstić information content (AvgIpc) is 2.29. The minimum atomic E-state index is -2.52. The molecule has 0 saturated heterocycles. The Labute approximate surface area is 122 Å². The number of aliphatic carboxylic acids is 1. The zero-order chi connectivity index (χ0) is 13.9. The maximum absolute atomic E-state index is 10.4. The minimum Gasteiger partial charge on any atom is -0.481 e. The fourth-order valence-corrected chi connectivity index (χ4v) is 4.48. The normalized spacial score (nSPS) is 11.1. The van der Waals surface area contributed by atoms with Crippen LogP contribution in [0.1, 0.15) is 46.5 Å². The molecular weight excluding hydrogens is 280 g/mol. The third-order valence-electron chi connectivity index (χ3n) is 2.47. The van der Waals surface area contributed by atoms with E-state index in [-0.39, 0.29) is 17.4 Å². The highest BCUT2D eigenvalue weighted by molar-refractivity contribution is 6.60. The van der Waals surface area contributed by atoms with E-state index in [4.69, 9.17) is 18.4 Å². The standard InChI is InChI=1S/C12H26O5Si.H4Si/c1-4-15-18(16-5-2,17-6-3)11-9-7-8-10-12(13)14;/h4-11H2,1-3H3,(H,13,14);1H4. The number of unbranched alkanes of at least 4 members (excludes halogenated alkanes) is 2. The van der Waals surface area contributed by atoms with Crippen LogP contribution in [0.25, 0.3) is 0 Å². The van der Waals surface area contributed by atoms with E-state index in [1.807, 2.05) is 20.8 Å². The van der Waals surface area contributed by atoms with Gasteiger partial charge in [0.25, 0.3) is 0 Å². The van der Waals surface area contributed by atoms with Crippen LogP contribution >= 0.6 is 0 Å². The Bertz CT molecular complexity index is 209. The summed E-state index contributed by atoms with van der Waals surface area (Å²) in [5.41, 5.74) is 0. The summed E-state index contributed by atoms with van der Waals surface area (Å²) in [5.74, 6) is -0.738. The zero-order valence-electron chi connectivity index (χ0n) is 11.7. The van der Waals surface area contributed by atoms with E-state index < -0.39 is 14.8 Å². The molecule has 1 N–H and O–H groups in total. The monoisotopic (exact) mass is 310 g/mol. The predicted octanol–water partition coefficient (Wildman–Crippen LogP) is 1.23. The van der Waals surface area contributed by atoms with Crippen LogP contribution in [0.5, 0.6) is 0 Å². The van der Waals surface area contributed by atoms with Gasteiger partial charge in [-0.2, -0.15) is 0 Å². The summed E-state index contributed by atoms with van der Waals surface area (Å²) in [7, 11) is -2.52. The molecule has 0 amide bonds. The molecule has 0 rings (SSSR count). The topological polar surface area (TPSA) is 65.0 Å². The molecule has 0 fully saturated rings. The van der Waals surface area contributed by atoms with Crippen molar-refractivity contribution in [3.05, 3.63) is 0 Å². The highest BCUT2D eigenvalue weighted by Gasteiger charge is 2.39. The van der Waals surface area contributed by atoms with Crippen molar-refractivity contribution in [2.75, 3.05) is 19.8 Å². The first-order chi connectivity index (χ1) is 8.60. The largest absolute Gasteiger partial charge is 0.500 e. The molecule has 0 aliphatic rings. The molecule has 0 spiro atoms. The van der Waals surface area contributed by atoms with E-state index in [9.17, 15) is 4.79 Å². The molecule has 7 heteroatoms. The zero-order valence-corrected chi connectivity index (χ0v) is 12.7. The maximum Gasteiger partial charge on any atom is 0.500 e. The van der Waals surface area contributed by atoms with Gasteiger partial charge in [-0.1, -0.05) is 6.42 Å². The first-order valence-electron chi connectivity index (χ1n) is 6.73. The molecule has 0 bridgehead atoms. The number of carboxylic acid groups (broad SMARTS) is 1. The van der Waals surface area contributed by atoms with Crippen LogP contribution < -0.4 is 0 Å². The third-order valence-corrected chi connectivity index (χ3v) is 5.62. The quantitative estimate of drug-likeness (QED) is 0.434. The molecule has 0 aromatic carbocycles. The Kier molecular flexibility index (Phi) is 14.2. The summed E-state index contributed by atoms with van der Waals surface area (Å²) in [5, 5.41) is 8.56. The van der Waals surface area contributed by atoms with Crippen LogP contribution in [0.3, 0.4) is 0 Å². The summed E-state index contributed by atoms with van der Waals surface area (Å²) < 4.78 is 17.1. The summed E-state index contributed by atoms with van der Waals surface area (Å²) >= 11 is 0. The van der Waals surface area contributed by atoms with Crippen molar-refractivity contribution in [3.63, 3.8) is 0 Å². The molecule has 0 aliphatic heterocycles. The molecule has 5 nitrogen and oxygen atoms in total. The molecule has 0 unspecified atom stereocenters. The smallest absolute Gasteiger partial charge is 0.481 e. The Balaban J connectivity index is 0. The molecule has 116 valence electrons. The number of carbonyl (C=O) groups is 1. The Morgan fingerprint density at radius 3 is 1.79 bits per heavy atom. The van der Waals surface area contributed by atoms with Gasteiger partial charge < -0.3 is 18.4 Å². The van der Waals surface area contributed by atoms with Gasteiger partial charge in [0.05, 0.1) is 0 Å². The number of rotatable bonds is 12.